The second kappa shape index (κ2) is 6.44. The van der Waals surface area contributed by atoms with Gasteiger partial charge in [0, 0.05) is 25.2 Å². The minimum absolute atomic E-state index is 0.0421. The molecule has 1 atom stereocenters. The maximum atomic E-state index is 12.2. The van der Waals surface area contributed by atoms with Gasteiger partial charge in [-0.3, -0.25) is 4.79 Å². The third kappa shape index (κ3) is 3.64. The predicted molar refractivity (Wildman–Crippen MR) is 85.4 cm³/mol. The number of rotatable bonds is 4. The van der Waals surface area contributed by atoms with E-state index in [0.29, 0.717) is 31.2 Å². The van der Waals surface area contributed by atoms with Gasteiger partial charge in [-0.1, -0.05) is 30.3 Å². The molecule has 2 heterocycles. The number of carbonyl (C=O) groups is 1. The highest BCUT2D eigenvalue weighted by atomic mass is 16.2. The zero-order chi connectivity index (χ0) is 16.2. The van der Waals surface area contributed by atoms with E-state index in [-0.39, 0.29) is 11.9 Å². The average Bonchev–Trinajstić information content (AvgIpc) is 2.87. The van der Waals surface area contributed by atoms with Gasteiger partial charge in [-0.25, -0.2) is 9.97 Å². The van der Waals surface area contributed by atoms with E-state index >= 15 is 0 Å². The zero-order valence-electron chi connectivity index (χ0n) is 12.9. The number of nitriles is 1. The van der Waals surface area contributed by atoms with Crippen LogP contribution in [0.15, 0.2) is 36.4 Å². The van der Waals surface area contributed by atoms with E-state index in [2.05, 4.69) is 15.3 Å². The van der Waals surface area contributed by atoms with Crippen molar-refractivity contribution in [1.29, 1.82) is 5.26 Å². The molecule has 1 aromatic heterocycles. The number of aromatic nitrogens is 2. The molecule has 1 aromatic carbocycles. The SMILES string of the molecule is Cc1cc(C#N)nc(NC2CC(=O)N(Cc3ccccc3)C2)n1. The number of carbonyl (C=O) groups excluding carboxylic acids is 1. The molecule has 1 amide bonds. The number of aryl methyl sites for hydroxylation is 1. The number of nitrogens with zero attached hydrogens (tertiary/aromatic N) is 4. The van der Waals surface area contributed by atoms with Crippen LogP contribution in [0.2, 0.25) is 0 Å². The Hall–Kier alpha value is -2.94. The number of anilines is 1. The summed E-state index contributed by atoms with van der Waals surface area (Å²) >= 11 is 0. The summed E-state index contributed by atoms with van der Waals surface area (Å²) in [5, 5.41) is 12.1. The first-order valence-electron chi connectivity index (χ1n) is 7.48. The molecule has 0 saturated carbocycles. The first-order valence-corrected chi connectivity index (χ1v) is 7.48. The fraction of sp³-hybridized carbons (Fsp3) is 0.294. The van der Waals surface area contributed by atoms with E-state index in [4.69, 9.17) is 5.26 Å². The summed E-state index contributed by atoms with van der Waals surface area (Å²) in [4.78, 5) is 22.4. The highest BCUT2D eigenvalue weighted by molar-refractivity contribution is 5.79. The van der Waals surface area contributed by atoms with Crippen LogP contribution in [0.1, 0.15) is 23.4 Å². The summed E-state index contributed by atoms with van der Waals surface area (Å²) in [6.45, 7) is 3.03. The van der Waals surface area contributed by atoms with Crippen LogP contribution in [-0.2, 0) is 11.3 Å². The molecule has 6 nitrogen and oxygen atoms in total. The van der Waals surface area contributed by atoms with Crippen molar-refractivity contribution in [3.8, 4) is 6.07 Å². The molecule has 1 fully saturated rings. The predicted octanol–water partition coefficient (Wildman–Crippen LogP) is 1.87. The van der Waals surface area contributed by atoms with Crippen molar-refractivity contribution in [1.82, 2.24) is 14.9 Å². The Morgan fingerprint density at radius 3 is 2.87 bits per heavy atom. The molecule has 1 aliphatic heterocycles. The van der Waals surface area contributed by atoms with Crippen molar-refractivity contribution < 1.29 is 4.79 Å². The lowest BCUT2D eigenvalue weighted by Crippen LogP contribution is -2.28. The number of likely N-dealkylation sites (tertiary alicyclic amines) is 1. The van der Waals surface area contributed by atoms with Crippen LogP contribution in [0.4, 0.5) is 5.95 Å². The molecule has 0 radical (unpaired) electrons. The highest BCUT2D eigenvalue weighted by Gasteiger charge is 2.30. The van der Waals surface area contributed by atoms with E-state index in [1.165, 1.54) is 0 Å². The number of hydrogen-bond acceptors (Lipinski definition) is 5. The molecule has 0 spiro atoms. The highest BCUT2D eigenvalue weighted by Crippen LogP contribution is 2.18. The van der Waals surface area contributed by atoms with Gasteiger partial charge in [-0.15, -0.1) is 0 Å². The molecule has 1 unspecified atom stereocenters. The van der Waals surface area contributed by atoms with Crippen molar-refractivity contribution in [3.05, 3.63) is 53.3 Å². The first-order chi connectivity index (χ1) is 11.1. The molecule has 1 aliphatic rings. The Morgan fingerprint density at radius 2 is 2.13 bits per heavy atom. The van der Waals surface area contributed by atoms with Crippen LogP contribution in [-0.4, -0.2) is 33.4 Å². The largest absolute Gasteiger partial charge is 0.349 e. The van der Waals surface area contributed by atoms with E-state index in [1.54, 1.807) is 6.07 Å². The summed E-state index contributed by atoms with van der Waals surface area (Å²) in [5.41, 5.74) is 2.16. The standard InChI is InChI=1S/C17H17N5O/c1-12-7-14(9-18)20-17(19-12)21-15-8-16(23)22(11-15)10-13-5-3-2-4-6-13/h2-7,15H,8,10-11H2,1H3,(H,19,20,21). The molecule has 23 heavy (non-hydrogen) atoms. The second-order valence-electron chi connectivity index (χ2n) is 5.64. The smallest absolute Gasteiger partial charge is 0.225 e. The van der Waals surface area contributed by atoms with Crippen molar-refractivity contribution in [2.75, 3.05) is 11.9 Å². The van der Waals surface area contributed by atoms with Gasteiger partial charge in [0.1, 0.15) is 11.8 Å². The van der Waals surface area contributed by atoms with Crippen molar-refractivity contribution in [3.63, 3.8) is 0 Å². The molecule has 116 valence electrons. The lowest BCUT2D eigenvalue weighted by molar-refractivity contribution is -0.128. The molecule has 3 rings (SSSR count). The fourth-order valence-corrected chi connectivity index (χ4v) is 2.70. The Balaban J connectivity index is 1.66. The van der Waals surface area contributed by atoms with Crippen LogP contribution < -0.4 is 5.32 Å². The summed E-state index contributed by atoms with van der Waals surface area (Å²) in [5.74, 6) is 0.514. The van der Waals surface area contributed by atoms with Gasteiger partial charge >= 0.3 is 0 Å². The Labute approximate surface area is 134 Å². The average molecular weight is 307 g/mol. The van der Waals surface area contributed by atoms with Gasteiger partial charge in [-0.05, 0) is 18.6 Å². The van der Waals surface area contributed by atoms with Gasteiger partial charge in [0.05, 0.1) is 6.04 Å². The third-order valence-corrected chi connectivity index (χ3v) is 3.73. The van der Waals surface area contributed by atoms with Crippen LogP contribution in [0.5, 0.6) is 0 Å². The lowest BCUT2D eigenvalue weighted by atomic mass is 10.2. The van der Waals surface area contributed by atoms with Gasteiger partial charge < -0.3 is 10.2 Å². The maximum absolute atomic E-state index is 12.2. The number of amides is 1. The summed E-state index contributed by atoms with van der Waals surface area (Å²) in [6, 6.07) is 13.5. The summed E-state index contributed by atoms with van der Waals surface area (Å²) in [6.07, 6.45) is 0.409. The second-order valence-corrected chi connectivity index (χ2v) is 5.64. The molecule has 1 saturated heterocycles. The molecule has 0 bridgehead atoms. The van der Waals surface area contributed by atoms with Gasteiger partial charge in [-0.2, -0.15) is 5.26 Å². The molecule has 2 aromatic rings. The third-order valence-electron chi connectivity index (χ3n) is 3.73. The minimum atomic E-state index is -0.0421. The van der Waals surface area contributed by atoms with Crippen molar-refractivity contribution >= 4 is 11.9 Å². The van der Waals surface area contributed by atoms with E-state index in [9.17, 15) is 4.79 Å². The van der Waals surface area contributed by atoms with Crippen molar-refractivity contribution in [2.24, 2.45) is 0 Å². The Morgan fingerprint density at radius 1 is 1.35 bits per heavy atom. The normalized spacial score (nSPS) is 17.1. The first kappa shape index (κ1) is 15.0. The van der Waals surface area contributed by atoms with Gasteiger partial charge in [0.15, 0.2) is 0 Å². The summed E-state index contributed by atoms with van der Waals surface area (Å²) in [7, 11) is 0. The Bertz CT molecular complexity index is 753. The monoisotopic (exact) mass is 307 g/mol. The maximum Gasteiger partial charge on any atom is 0.225 e. The van der Waals surface area contributed by atoms with Crippen molar-refractivity contribution in [2.45, 2.75) is 25.9 Å². The molecule has 6 heteroatoms. The number of hydrogen-bond donors (Lipinski definition) is 1. The summed E-state index contributed by atoms with van der Waals surface area (Å²) < 4.78 is 0. The zero-order valence-corrected chi connectivity index (χ0v) is 12.9. The molecule has 1 N–H and O–H groups in total. The van der Waals surface area contributed by atoms with E-state index in [0.717, 1.165) is 11.3 Å². The van der Waals surface area contributed by atoms with E-state index in [1.807, 2.05) is 48.2 Å². The van der Waals surface area contributed by atoms with Gasteiger partial charge in [0.2, 0.25) is 11.9 Å². The fourth-order valence-electron chi connectivity index (χ4n) is 2.70. The molecular weight excluding hydrogens is 290 g/mol. The van der Waals surface area contributed by atoms with Crippen LogP contribution in [0.25, 0.3) is 0 Å². The number of nitrogens with one attached hydrogen (secondary N) is 1. The molecule has 0 aliphatic carbocycles. The minimum Gasteiger partial charge on any atom is -0.349 e. The quantitative estimate of drug-likeness (QED) is 0.932. The lowest BCUT2D eigenvalue weighted by Gasteiger charge is -2.17. The number of benzene rings is 1. The van der Waals surface area contributed by atoms with Gasteiger partial charge in [0.25, 0.3) is 0 Å². The van der Waals surface area contributed by atoms with Crippen LogP contribution in [0.3, 0.4) is 0 Å². The molecular formula is C17H17N5O. The van der Waals surface area contributed by atoms with E-state index < -0.39 is 0 Å². The topological polar surface area (TPSA) is 81.9 Å². The van der Waals surface area contributed by atoms with Crippen LogP contribution in [0, 0.1) is 18.3 Å². The van der Waals surface area contributed by atoms with Crippen LogP contribution >= 0.6 is 0 Å². The Kier molecular flexibility index (Phi) is 4.20.